The summed E-state index contributed by atoms with van der Waals surface area (Å²) < 4.78 is 5.02. The average Bonchev–Trinajstić information content (AvgIpc) is 2.73. The first-order valence-electron chi connectivity index (χ1n) is 9.91. The minimum absolute atomic E-state index is 0.00387. The van der Waals surface area contributed by atoms with Gasteiger partial charge < -0.3 is 20.3 Å². The highest BCUT2D eigenvalue weighted by Crippen LogP contribution is 2.13. The maximum atomic E-state index is 12.7. The van der Waals surface area contributed by atoms with Crippen molar-refractivity contribution in [2.45, 2.75) is 39.3 Å². The Labute approximate surface area is 170 Å². The van der Waals surface area contributed by atoms with Gasteiger partial charge >= 0.3 is 6.09 Å². The van der Waals surface area contributed by atoms with E-state index in [9.17, 15) is 9.59 Å². The molecule has 1 aliphatic heterocycles. The third-order valence-corrected chi connectivity index (χ3v) is 4.74. The van der Waals surface area contributed by atoms with E-state index in [0.717, 1.165) is 11.3 Å². The Bertz CT molecular complexity index is 835. The predicted octanol–water partition coefficient (Wildman–Crippen LogP) is 2.75. The van der Waals surface area contributed by atoms with E-state index in [4.69, 9.17) is 4.74 Å². The molecule has 2 amide bonds. The molecule has 8 heteroatoms. The fourth-order valence-electron chi connectivity index (χ4n) is 3.22. The lowest BCUT2D eigenvalue weighted by molar-refractivity contribution is 0.0856. The summed E-state index contributed by atoms with van der Waals surface area (Å²) in [5, 5.41) is 6.19. The first-order chi connectivity index (χ1) is 14.0. The number of hydrogen-bond acceptors (Lipinski definition) is 6. The van der Waals surface area contributed by atoms with Gasteiger partial charge in [0.2, 0.25) is 5.95 Å². The number of carbonyl (C=O) groups is 2. The number of ether oxygens (including phenoxy) is 1. The van der Waals surface area contributed by atoms with Gasteiger partial charge in [-0.25, -0.2) is 14.8 Å². The molecule has 0 bridgehead atoms. The van der Waals surface area contributed by atoms with E-state index in [1.165, 1.54) is 0 Å². The molecule has 1 aromatic carbocycles. The third-order valence-electron chi connectivity index (χ3n) is 4.74. The van der Waals surface area contributed by atoms with Crippen molar-refractivity contribution in [3.05, 3.63) is 53.3 Å². The molecule has 1 saturated heterocycles. The number of amides is 2. The zero-order chi connectivity index (χ0) is 20.6. The molecule has 1 fully saturated rings. The van der Waals surface area contributed by atoms with E-state index in [2.05, 4.69) is 20.6 Å². The van der Waals surface area contributed by atoms with Gasteiger partial charge in [-0.05, 0) is 38.3 Å². The fraction of sp³-hybridized carbons (Fsp3) is 0.429. The highest BCUT2D eigenvalue weighted by Gasteiger charge is 2.25. The van der Waals surface area contributed by atoms with Crippen LogP contribution in [0.15, 0.2) is 36.4 Å². The van der Waals surface area contributed by atoms with Gasteiger partial charge in [-0.1, -0.05) is 30.3 Å². The number of benzene rings is 1. The Kier molecular flexibility index (Phi) is 6.99. The Morgan fingerprint density at radius 3 is 2.59 bits per heavy atom. The number of likely N-dealkylation sites (tertiary alicyclic amines) is 1. The SMILES string of the molecule is CCOC(=O)N1CCC(NC(=O)c2cc(C)nc(NCc3ccccc3)n2)CC1. The van der Waals surface area contributed by atoms with E-state index >= 15 is 0 Å². The Hall–Kier alpha value is -3.16. The van der Waals surface area contributed by atoms with Gasteiger partial charge in [-0.3, -0.25) is 4.79 Å². The van der Waals surface area contributed by atoms with E-state index in [1.54, 1.807) is 17.9 Å². The Morgan fingerprint density at radius 1 is 1.17 bits per heavy atom. The van der Waals surface area contributed by atoms with Crippen molar-refractivity contribution in [1.29, 1.82) is 0 Å². The summed E-state index contributed by atoms with van der Waals surface area (Å²) in [5.41, 5.74) is 2.16. The first kappa shape index (κ1) is 20.6. The maximum Gasteiger partial charge on any atom is 0.409 e. The highest BCUT2D eigenvalue weighted by atomic mass is 16.6. The van der Waals surface area contributed by atoms with Gasteiger partial charge in [0.15, 0.2) is 0 Å². The van der Waals surface area contributed by atoms with Gasteiger partial charge in [0.05, 0.1) is 6.61 Å². The molecule has 2 heterocycles. The van der Waals surface area contributed by atoms with Gasteiger partial charge in [-0.2, -0.15) is 0 Å². The Morgan fingerprint density at radius 2 is 1.90 bits per heavy atom. The minimum atomic E-state index is -0.294. The second-order valence-corrected chi connectivity index (χ2v) is 6.99. The summed E-state index contributed by atoms with van der Waals surface area (Å²) >= 11 is 0. The molecule has 29 heavy (non-hydrogen) atoms. The topological polar surface area (TPSA) is 96.5 Å². The Balaban J connectivity index is 1.55. The van der Waals surface area contributed by atoms with Crippen molar-refractivity contribution < 1.29 is 14.3 Å². The fourth-order valence-corrected chi connectivity index (χ4v) is 3.22. The second kappa shape index (κ2) is 9.86. The number of nitrogens with one attached hydrogen (secondary N) is 2. The van der Waals surface area contributed by atoms with Crippen molar-refractivity contribution in [2.75, 3.05) is 25.0 Å². The van der Waals surface area contributed by atoms with Crippen molar-refractivity contribution in [2.24, 2.45) is 0 Å². The van der Waals surface area contributed by atoms with E-state index in [-0.39, 0.29) is 18.0 Å². The van der Waals surface area contributed by atoms with Crippen LogP contribution >= 0.6 is 0 Å². The minimum Gasteiger partial charge on any atom is -0.450 e. The van der Waals surface area contributed by atoms with Crippen molar-refractivity contribution >= 4 is 17.9 Å². The molecule has 2 N–H and O–H groups in total. The van der Waals surface area contributed by atoms with Gasteiger partial charge in [0.25, 0.3) is 5.91 Å². The normalized spacial score (nSPS) is 14.3. The molecular formula is C21H27N5O3. The van der Waals surface area contributed by atoms with Crippen LogP contribution in [0.1, 0.15) is 41.5 Å². The number of carbonyl (C=O) groups excluding carboxylic acids is 2. The molecule has 1 aliphatic rings. The summed E-state index contributed by atoms with van der Waals surface area (Å²) in [6.07, 6.45) is 1.08. The second-order valence-electron chi connectivity index (χ2n) is 6.99. The molecule has 154 valence electrons. The van der Waals surface area contributed by atoms with Crippen LogP contribution < -0.4 is 10.6 Å². The summed E-state index contributed by atoms with van der Waals surface area (Å²) in [6, 6.07) is 11.6. The summed E-state index contributed by atoms with van der Waals surface area (Å²) in [4.78, 5) is 34.9. The zero-order valence-electron chi connectivity index (χ0n) is 16.9. The molecule has 3 rings (SSSR count). The lowest BCUT2D eigenvalue weighted by Gasteiger charge is -2.31. The number of aromatic nitrogens is 2. The number of anilines is 1. The van der Waals surface area contributed by atoms with E-state index < -0.39 is 0 Å². The molecule has 1 aromatic heterocycles. The number of aryl methyl sites for hydroxylation is 1. The van der Waals surface area contributed by atoms with Gasteiger partial charge in [0, 0.05) is 31.4 Å². The molecule has 8 nitrogen and oxygen atoms in total. The molecule has 0 atom stereocenters. The van der Waals surface area contributed by atoms with Crippen molar-refractivity contribution in [3.8, 4) is 0 Å². The molecule has 2 aromatic rings. The van der Waals surface area contributed by atoms with Crippen molar-refractivity contribution in [3.63, 3.8) is 0 Å². The zero-order valence-corrected chi connectivity index (χ0v) is 16.9. The smallest absolute Gasteiger partial charge is 0.409 e. The molecule has 0 spiro atoms. The summed E-state index contributed by atoms with van der Waals surface area (Å²) in [5.74, 6) is 0.198. The van der Waals surface area contributed by atoms with Crippen LogP contribution in [-0.2, 0) is 11.3 Å². The number of piperidine rings is 1. The number of rotatable bonds is 6. The molecular weight excluding hydrogens is 370 g/mol. The summed E-state index contributed by atoms with van der Waals surface area (Å²) in [7, 11) is 0. The predicted molar refractivity (Wildman–Crippen MR) is 110 cm³/mol. The first-order valence-corrected chi connectivity index (χ1v) is 9.91. The van der Waals surface area contributed by atoms with Crippen LogP contribution in [-0.4, -0.2) is 52.6 Å². The van der Waals surface area contributed by atoms with Gasteiger partial charge in [-0.15, -0.1) is 0 Å². The van der Waals surface area contributed by atoms with Crippen LogP contribution in [0.4, 0.5) is 10.7 Å². The summed E-state index contributed by atoms with van der Waals surface area (Å²) in [6.45, 7) is 5.70. The quantitative estimate of drug-likeness (QED) is 0.778. The monoisotopic (exact) mass is 397 g/mol. The van der Waals surface area contributed by atoms with E-state index in [1.807, 2.05) is 37.3 Å². The van der Waals surface area contributed by atoms with Crippen LogP contribution in [0.2, 0.25) is 0 Å². The van der Waals surface area contributed by atoms with Crippen LogP contribution in [0.25, 0.3) is 0 Å². The highest BCUT2D eigenvalue weighted by molar-refractivity contribution is 5.92. The largest absolute Gasteiger partial charge is 0.450 e. The molecule has 0 saturated carbocycles. The van der Waals surface area contributed by atoms with Crippen LogP contribution in [0.3, 0.4) is 0 Å². The van der Waals surface area contributed by atoms with Crippen LogP contribution in [0.5, 0.6) is 0 Å². The van der Waals surface area contributed by atoms with Crippen molar-refractivity contribution in [1.82, 2.24) is 20.2 Å². The standard InChI is InChI=1S/C21H27N5O3/c1-3-29-21(28)26-11-9-17(10-12-26)24-19(27)18-13-15(2)23-20(25-18)22-14-16-7-5-4-6-8-16/h4-8,13,17H,3,9-12,14H2,1-2H3,(H,24,27)(H,22,23,25). The number of hydrogen-bond donors (Lipinski definition) is 2. The third kappa shape index (κ3) is 5.91. The van der Waals surface area contributed by atoms with Crippen LogP contribution in [0, 0.1) is 6.92 Å². The molecule has 0 aliphatic carbocycles. The average molecular weight is 397 g/mol. The molecule has 0 unspecified atom stereocenters. The lowest BCUT2D eigenvalue weighted by atomic mass is 10.1. The maximum absolute atomic E-state index is 12.7. The lowest BCUT2D eigenvalue weighted by Crippen LogP contribution is -2.46. The van der Waals surface area contributed by atoms with E-state index in [0.29, 0.717) is 50.7 Å². The van der Waals surface area contributed by atoms with Gasteiger partial charge in [0.1, 0.15) is 5.69 Å². The molecule has 0 radical (unpaired) electrons. The number of nitrogens with zero attached hydrogens (tertiary/aromatic N) is 3.